The second-order valence-electron chi connectivity index (χ2n) is 4.89. The highest BCUT2D eigenvalue weighted by Gasteiger charge is 2.16. The standard InChI is InChI=1S/C16H22N2O5/c1-4-8-17-15(20)11(2)18-14(19)10-23-16(21)12-6-5-7-13(9-12)22-3/h5-7,9,11H,4,8,10H2,1-3H3,(H,17,20)(H,18,19)/t11-/m1/s1. The minimum Gasteiger partial charge on any atom is -0.497 e. The van der Waals surface area contributed by atoms with E-state index in [1.165, 1.54) is 13.2 Å². The Bertz CT molecular complexity index is 559. The third-order valence-corrected chi connectivity index (χ3v) is 2.96. The third kappa shape index (κ3) is 6.37. The van der Waals surface area contributed by atoms with Crippen molar-refractivity contribution in [1.82, 2.24) is 10.6 Å². The molecular formula is C16H22N2O5. The fourth-order valence-electron chi connectivity index (χ4n) is 1.71. The summed E-state index contributed by atoms with van der Waals surface area (Å²) in [7, 11) is 1.49. The van der Waals surface area contributed by atoms with Gasteiger partial charge in [0, 0.05) is 6.54 Å². The molecule has 1 aromatic carbocycles. The number of rotatable bonds is 8. The van der Waals surface area contributed by atoms with Crippen LogP contribution in [0.1, 0.15) is 30.6 Å². The molecule has 126 valence electrons. The zero-order valence-electron chi connectivity index (χ0n) is 13.5. The number of hydrogen-bond donors (Lipinski definition) is 2. The number of nitrogens with one attached hydrogen (secondary N) is 2. The number of ether oxygens (including phenoxy) is 2. The molecule has 0 unspecified atom stereocenters. The van der Waals surface area contributed by atoms with Crippen LogP contribution in [-0.2, 0) is 14.3 Å². The number of hydrogen-bond acceptors (Lipinski definition) is 5. The van der Waals surface area contributed by atoms with Crippen LogP contribution in [0.15, 0.2) is 24.3 Å². The number of carbonyl (C=O) groups is 3. The first-order valence-electron chi connectivity index (χ1n) is 7.36. The van der Waals surface area contributed by atoms with Gasteiger partial charge < -0.3 is 20.1 Å². The lowest BCUT2D eigenvalue weighted by Gasteiger charge is -2.13. The first-order valence-corrected chi connectivity index (χ1v) is 7.36. The van der Waals surface area contributed by atoms with Crippen LogP contribution in [0.5, 0.6) is 5.75 Å². The number of methoxy groups -OCH3 is 1. The topological polar surface area (TPSA) is 93.7 Å². The summed E-state index contributed by atoms with van der Waals surface area (Å²) in [4.78, 5) is 35.2. The first-order chi connectivity index (χ1) is 11.0. The van der Waals surface area contributed by atoms with Gasteiger partial charge in [0.15, 0.2) is 6.61 Å². The molecule has 0 bridgehead atoms. The van der Waals surface area contributed by atoms with E-state index in [1.54, 1.807) is 25.1 Å². The van der Waals surface area contributed by atoms with Crippen LogP contribution < -0.4 is 15.4 Å². The lowest BCUT2D eigenvalue weighted by molar-refractivity contribution is -0.130. The summed E-state index contributed by atoms with van der Waals surface area (Å²) in [6.07, 6.45) is 0.810. The summed E-state index contributed by atoms with van der Waals surface area (Å²) in [6, 6.07) is 5.73. The van der Waals surface area contributed by atoms with Crippen molar-refractivity contribution >= 4 is 17.8 Å². The Kier molecular flexibility index (Phi) is 7.59. The first kappa shape index (κ1) is 18.5. The third-order valence-electron chi connectivity index (χ3n) is 2.96. The maximum absolute atomic E-state index is 11.8. The molecule has 1 aromatic rings. The maximum atomic E-state index is 11.8. The molecule has 0 radical (unpaired) electrons. The molecule has 0 aliphatic rings. The van der Waals surface area contributed by atoms with Gasteiger partial charge in [-0.3, -0.25) is 9.59 Å². The fraction of sp³-hybridized carbons (Fsp3) is 0.438. The van der Waals surface area contributed by atoms with Crippen LogP contribution in [0, 0.1) is 0 Å². The zero-order valence-corrected chi connectivity index (χ0v) is 13.5. The van der Waals surface area contributed by atoms with Crippen molar-refractivity contribution in [3.8, 4) is 5.75 Å². The predicted octanol–water partition coefficient (Wildman–Crippen LogP) is 0.883. The number of benzene rings is 1. The quantitative estimate of drug-likeness (QED) is 0.693. The number of amides is 2. The average molecular weight is 322 g/mol. The molecule has 0 saturated heterocycles. The Morgan fingerprint density at radius 3 is 2.65 bits per heavy atom. The van der Waals surface area contributed by atoms with Gasteiger partial charge in [-0.15, -0.1) is 0 Å². The Labute approximate surface area is 135 Å². The molecule has 2 amide bonds. The molecule has 0 aliphatic carbocycles. The van der Waals surface area contributed by atoms with E-state index in [0.717, 1.165) is 6.42 Å². The lowest BCUT2D eigenvalue weighted by atomic mass is 10.2. The molecule has 0 spiro atoms. The van der Waals surface area contributed by atoms with E-state index in [9.17, 15) is 14.4 Å². The van der Waals surface area contributed by atoms with E-state index < -0.39 is 24.5 Å². The van der Waals surface area contributed by atoms with Crippen LogP contribution in [0.25, 0.3) is 0 Å². The molecule has 0 heterocycles. The van der Waals surface area contributed by atoms with Gasteiger partial charge >= 0.3 is 5.97 Å². The van der Waals surface area contributed by atoms with E-state index >= 15 is 0 Å². The summed E-state index contributed by atoms with van der Waals surface area (Å²) < 4.78 is 9.92. The van der Waals surface area contributed by atoms with E-state index in [-0.39, 0.29) is 11.5 Å². The van der Waals surface area contributed by atoms with Crippen LogP contribution >= 0.6 is 0 Å². The molecule has 0 aromatic heterocycles. The minimum absolute atomic E-state index is 0.278. The maximum Gasteiger partial charge on any atom is 0.338 e. The van der Waals surface area contributed by atoms with Crippen LogP contribution in [-0.4, -0.2) is 44.1 Å². The largest absolute Gasteiger partial charge is 0.497 e. The molecule has 1 rings (SSSR count). The molecule has 23 heavy (non-hydrogen) atoms. The summed E-state index contributed by atoms with van der Waals surface area (Å²) in [5.41, 5.74) is 0.283. The molecule has 0 saturated carbocycles. The minimum atomic E-state index is -0.690. The smallest absolute Gasteiger partial charge is 0.338 e. The molecule has 2 N–H and O–H groups in total. The van der Waals surface area contributed by atoms with Gasteiger partial charge in [-0.05, 0) is 31.5 Å². The second-order valence-corrected chi connectivity index (χ2v) is 4.89. The molecule has 0 fully saturated rings. The summed E-state index contributed by atoms with van der Waals surface area (Å²) in [5, 5.41) is 5.13. The van der Waals surface area contributed by atoms with Crippen molar-refractivity contribution in [3.63, 3.8) is 0 Å². The van der Waals surface area contributed by atoms with E-state index in [1.807, 2.05) is 6.92 Å². The van der Waals surface area contributed by atoms with Crippen molar-refractivity contribution in [1.29, 1.82) is 0 Å². The summed E-state index contributed by atoms with van der Waals surface area (Å²) in [5.74, 6) is -0.938. The van der Waals surface area contributed by atoms with Gasteiger partial charge in [-0.1, -0.05) is 13.0 Å². The van der Waals surface area contributed by atoms with Crippen LogP contribution in [0.2, 0.25) is 0 Å². The normalized spacial score (nSPS) is 11.3. The highest BCUT2D eigenvalue weighted by atomic mass is 16.5. The summed E-state index contributed by atoms with van der Waals surface area (Å²) in [6.45, 7) is 3.58. The molecule has 0 aliphatic heterocycles. The Balaban J connectivity index is 2.43. The number of carbonyl (C=O) groups excluding carboxylic acids is 3. The van der Waals surface area contributed by atoms with Gasteiger partial charge in [-0.2, -0.15) is 0 Å². The van der Waals surface area contributed by atoms with Crippen LogP contribution in [0.3, 0.4) is 0 Å². The van der Waals surface area contributed by atoms with Gasteiger partial charge in [0.25, 0.3) is 5.91 Å². The second kappa shape index (κ2) is 9.45. The summed E-state index contributed by atoms with van der Waals surface area (Å²) >= 11 is 0. The average Bonchev–Trinajstić information content (AvgIpc) is 2.57. The molecule has 7 nitrogen and oxygen atoms in total. The van der Waals surface area contributed by atoms with E-state index in [4.69, 9.17) is 9.47 Å². The van der Waals surface area contributed by atoms with Gasteiger partial charge in [0.1, 0.15) is 11.8 Å². The molecular weight excluding hydrogens is 300 g/mol. The Hall–Kier alpha value is -2.57. The van der Waals surface area contributed by atoms with Gasteiger partial charge in [-0.25, -0.2) is 4.79 Å². The van der Waals surface area contributed by atoms with E-state index in [0.29, 0.717) is 12.3 Å². The SMILES string of the molecule is CCCNC(=O)[C@@H](C)NC(=O)COC(=O)c1cccc(OC)c1. The van der Waals surface area contributed by atoms with Crippen molar-refractivity contribution in [2.24, 2.45) is 0 Å². The highest BCUT2D eigenvalue weighted by molar-refractivity contribution is 5.92. The monoisotopic (exact) mass is 322 g/mol. The highest BCUT2D eigenvalue weighted by Crippen LogP contribution is 2.13. The van der Waals surface area contributed by atoms with Crippen molar-refractivity contribution in [2.45, 2.75) is 26.3 Å². The van der Waals surface area contributed by atoms with Crippen molar-refractivity contribution < 1.29 is 23.9 Å². The van der Waals surface area contributed by atoms with Crippen molar-refractivity contribution in [3.05, 3.63) is 29.8 Å². The molecule has 1 atom stereocenters. The molecule has 7 heteroatoms. The van der Waals surface area contributed by atoms with Gasteiger partial charge in [0.2, 0.25) is 5.91 Å². The van der Waals surface area contributed by atoms with Crippen molar-refractivity contribution in [2.75, 3.05) is 20.3 Å². The van der Waals surface area contributed by atoms with E-state index in [2.05, 4.69) is 10.6 Å². The van der Waals surface area contributed by atoms with Crippen LogP contribution in [0.4, 0.5) is 0 Å². The number of esters is 1. The fourth-order valence-corrected chi connectivity index (χ4v) is 1.71. The Morgan fingerprint density at radius 2 is 2.00 bits per heavy atom. The van der Waals surface area contributed by atoms with Gasteiger partial charge in [0.05, 0.1) is 12.7 Å². The predicted molar refractivity (Wildman–Crippen MR) is 84.2 cm³/mol. The lowest BCUT2D eigenvalue weighted by Crippen LogP contribution is -2.46. The Morgan fingerprint density at radius 1 is 1.26 bits per heavy atom. The zero-order chi connectivity index (χ0) is 17.2.